The lowest BCUT2D eigenvalue weighted by Crippen LogP contribution is -2.35. The van der Waals surface area contributed by atoms with E-state index in [1.165, 1.54) is 0 Å². The minimum absolute atomic E-state index is 0.0123. The van der Waals surface area contributed by atoms with E-state index in [9.17, 15) is 18.0 Å². The molecule has 0 atom stereocenters. The number of anilines is 1. The minimum atomic E-state index is -4.52. The molecule has 1 saturated heterocycles. The van der Waals surface area contributed by atoms with Crippen LogP contribution in [0.3, 0.4) is 0 Å². The van der Waals surface area contributed by atoms with Crippen LogP contribution in [0, 0.1) is 0 Å². The average molecular weight is 529 g/mol. The third-order valence-corrected chi connectivity index (χ3v) is 6.70. The first-order valence-corrected chi connectivity index (χ1v) is 12.2. The summed E-state index contributed by atoms with van der Waals surface area (Å²) in [7, 11) is 0. The van der Waals surface area contributed by atoms with Gasteiger partial charge in [0.1, 0.15) is 11.5 Å². The van der Waals surface area contributed by atoms with Crippen LogP contribution in [-0.4, -0.2) is 51.6 Å². The number of H-pyrrole nitrogens is 1. The lowest BCUT2D eigenvalue weighted by atomic mass is 9.89. The van der Waals surface area contributed by atoms with E-state index in [1.54, 1.807) is 6.20 Å². The Morgan fingerprint density at radius 3 is 2.58 bits per heavy atom. The SMILES string of the molecule is CC(C)(c1cc(NC(=O)Cc2ccc(-c3cnc4[nH]nc(OC5CCNCC5)c4c3)cc2)no1)C(F)(F)F. The van der Waals surface area contributed by atoms with Crippen molar-refractivity contribution in [1.82, 2.24) is 25.7 Å². The number of fused-ring (bicyclic) bond motifs is 1. The van der Waals surface area contributed by atoms with Gasteiger partial charge in [0.05, 0.1) is 11.8 Å². The van der Waals surface area contributed by atoms with Gasteiger partial charge in [-0.3, -0.25) is 9.89 Å². The van der Waals surface area contributed by atoms with Gasteiger partial charge in [-0.2, -0.15) is 13.2 Å². The Hall–Kier alpha value is -3.93. The summed E-state index contributed by atoms with van der Waals surface area (Å²) >= 11 is 0. The smallest absolute Gasteiger partial charge is 0.401 e. The summed E-state index contributed by atoms with van der Waals surface area (Å²) in [4.78, 5) is 16.9. The molecule has 0 unspecified atom stereocenters. The number of hydrogen-bond acceptors (Lipinski definition) is 7. The first-order chi connectivity index (χ1) is 18.1. The predicted octanol–water partition coefficient (Wildman–Crippen LogP) is 4.76. The topological polar surface area (TPSA) is 118 Å². The highest BCUT2D eigenvalue weighted by molar-refractivity contribution is 5.91. The number of nitrogens with zero attached hydrogens (tertiary/aromatic N) is 3. The molecule has 1 amide bonds. The van der Waals surface area contributed by atoms with Gasteiger partial charge in [0.15, 0.2) is 17.2 Å². The van der Waals surface area contributed by atoms with Crippen LogP contribution < -0.4 is 15.4 Å². The molecule has 0 bridgehead atoms. The van der Waals surface area contributed by atoms with Gasteiger partial charge in [0.2, 0.25) is 11.8 Å². The van der Waals surface area contributed by atoms with Gasteiger partial charge in [-0.15, -0.1) is 5.10 Å². The maximum atomic E-state index is 13.2. The highest BCUT2D eigenvalue weighted by Crippen LogP contribution is 2.41. The third-order valence-electron chi connectivity index (χ3n) is 6.70. The molecule has 5 rings (SSSR count). The van der Waals surface area contributed by atoms with E-state index in [4.69, 9.17) is 9.26 Å². The van der Waals surface area contributed by atoms with E-state index in [0.717, 1.165) is 67.9 Å². The summed E-state index contributed by atoms with van der Waals surface area (Å²) in [6.07, 6.45) is -0.828. The number of hydrogen-bond donors (Lipinski definition) is 3. The molecule has 1 aromatic carbocycles. The van der Waals surface area contributed by atoms with Gasteiger partial charge in [0.25, 0.3) is 0 Å². The number of ether oxygens (including phenoxy) is 1. The number of aromatic amines is 1. The molecule has 1 aliphatic heterocycles. The van der Waals surface area contributed by atoms with Gasteiger partial charge < -0.3 is 19.9 Å². The minimum Gasteiger partial charge on any atom is -0.473 e. The van der Waals surface area contributed by atoms with Crippen LogP contribution in [0.25, 0.3) is 22.2 Å². The van der Waals surface area contributed by atoms with Gasteiger partial charge in [0, 0.05) is 17.8 Å². The Balaban J connectivity index is 1.24. The highest BCUT2D eigenvalue weighted by Gasteiger charge is 2.51. The predicted molar refractivity (Wildman–Crippen MR) is 134 cm³/mol. The maximum Gasteiger partial charge on any atom is 0.401 e. The van der Waals surface area contributed by atoms with Gasteiger partial charge in [-0.05, 0) is 57.0 Å². The Morgan fingerprint density at radius 2 is 1.87 bits per heavy atom. The molecule has 4 aromatic rings. The molecule has 0 radical (unpaired) electrons. The molecule has 1 aliphatic rings. The van der Waals surface area contributed by atoms with Gasteiger partial charge >= 0.3 is 6.18 Å². The van der Waals surface area contributed by atoms with Crippen LogP contribution in [-0.2, 0) is 16.6 Å². The van der Waals surface area contributed by atoms with Crippen molar-refractivity contribution >= 4 is 22.8 Å². The number of carbonyl (C=O) groups excluding carboxylic acids is 1. The molecule has 9 nitrogen and oxygen atoms in total. The number of aromatic nitrogens is 4. The third kappa shape index (κ3) is 5.35. The standard InChI is InChI=1S/C26H27F3N6O3/c1-25(2,26(27,28)29)20-13-21(35-38-20)32-22(36)11-15-3-5-16(6-4-15)17-12-19-23(31-14-17)33-34-24(19)37-18-7-9-30-10-8-18/h3-6,12-14,18,30H,7-11H2,1-2H3,(H,31,33,34)(H,32,35,36). The summed E-state index contributed by atoms with van der Waals surface area (Å²) in [5, 5.41) is 17.4. The molecule has 38 heavy (non-hydrogen) atoms. The van der Waals surface area contributed by atoms with Crippen LogP contribution in [0.4, 0.5) is 19.0 Å². The van der Waals surface area contributed by atoms with Crippen LogP contribution in [0.2, 0.25) is 0 Å². The fourth-order valence-corrected chi connectivity index (χ4v) is 4.16. The molecule has 3 N–H and O–H groups in total. The number of amides is 1. The van der Waals surface area contributed by atoms with Crippen molar-refractivity contribution in [1.29, 1.82) is 0 Å². The van der Waals surface area contributed by atoms with Crippen LogP contribution in [0.5, 0.6) is 5.88 Å². The number of alkyl halides is 3. The van der Waals surface area contributed by atoms with Gasteiger partial charge in [-0.25, -0.2) is 4.98 Å². The van der Waals surface area contributed by atoms with Crippen molar-refractivity contribution in [3.8, 4) is 17.0 Å². The second-order valence-corrected chi connectivity index (χ2v) is 9.84. The number of piperidine rings is 1. The fraction of sp³-hybridized carbons (Fsp3) is 0.385. The summed E-state index contributed by atoms with van der Waals surface area (Å²) in [6, 6.07) is 10.4. The monoisotopic (exact) mass is 528 g/mol. The molecule has 1 fully saturated rings. The van der Waals surface area contributed by atoms with Crippen molar-refractivity contribution in [2.75, 3.05) is 18.4 Å². The number of rotatable bonds is 7. The Morgan fingerprint density at radius 1 is 1.13 bits per heavy atom. The van der Waals surface area contributed by atoms with E-state index in [2.05, 4.69) is 31.0 Å². The molecule has 0 saturated carbocycles. The van der Waals surface area contributed by atoms with Crippen LogP contribution in [0.1, 0.15) is 38.0 Å². The van der Waals surface area contributed by atoms with Crippen molar-refractivity contribution in [3.63, 3.8) is 0 Å². The first-order valence-electron chi connectivity index (χ1n) is 12.2. The van der Waals surface area contributed by atoms with Crippen molar-refractivity contribution in [3.05, 3.63) is 53.9 Å². The summed E-state index contributed by atoms with van der Waals surface area (Å²) < 4.78 is 50.6. The van der Waals surface area contributed by atoms with E-state index in [0.29, 0.717) is 11.5 Å². The second-order valence-electron chi connectivity index (χ2n) is 9.84. The molecular weight excluding hydrogens is 501 g/mol. The maximum absolute atomic E-state index is 13.2. The Bertz CT molecular complexity index is 1420. The number of halogens is 3. The number of benzene rings is 1. The lowest BCUT2D eigenvalue weighted by molar-refractivity contribution is -0.185. The molecule has 0 spiro atoms. The Labute approximate surface area is 216 Å². The zero-order chi connectivity index (χ0) is 26.9. The summed E-state index contributed by atoms with van der Waals surface area (Å²) in [5.74, 6) is -0.342. The van der Waals surface area contributed by atoms with E-state index >= 15 is 0 Å². The fourth-order valence-electron chi connectivity index (χ4n) is 4.16. The summed E-state index contributed by atoms with van der Waals surface area (Å²) in [6.45, 7) is 3.80. The van der Waals surface area contributed by atoms with Crippen LogP contribution >= 0.6 is 0 Å². The lowest BCUT2D eigenvalue weighted by Gasteiger charge is -2.24. The zero-order valence-corrected chi connectivity index (χ0v) is 20.9. The van der Waals surface area contributed by atoms with Crippen molar-refractivity contribution in [2.45, 2.75) is 50.8 Å². The van der Waals surface area contributed by atoms with E-state index < -0.39 is 17.5 Å². The average Bonchev–Trinajstić information content (AvgIpc) is 3.52. The largest absolute Gasteiger partial charge is 0.473 e. The molecule has 3 aromatic heterocycles. The van der Waals surface area contributed by atoms with Gasteiger partial charge in [-0.1, -0.05) is 29.4 Å². The normalized spacial score (nSPS) is 15.1. The van der Waals surface area contributed by atoms with Crippen LogP contribution in [0.15, 0.2) is 47.1 Å². The Kier molecular flexibility index (Phi) is 6.82. The molecule has 200 valence electrons. The number of nitrogens with one attached hydrogen (secondary N) is 3. The number of pyridine rings is 1. The first kappa shape index (κ1) is 25.7. The zero-order valence-electron chi connectivity index (χ0n) is 20.9. The highest BCUT2D eigenvalue weighted by atomic mass is 19.4. The molecule has 12 heteroatoms. The van der Waals surface area contributed by atoms with Crippen molar-refractivity contribution < 1.29 is 27.2 Å². The van der Waals surface area contributed by atoms with E-state index in [1.807, 2.05) is 30.3 Å². The molecule has 0 aliphatic carbocycles. The molecular formula is C26H27F3N6O3. The summed E-state index contributed by atoms with van der Waals surface area (Å²) in [5.41, 5.74) is 0.895. The van der Waals surface area contributed by atoms with E-state index in [-0.39, 0.29) is 24.1 Å². The molecule has 4 heterocycles. The second kappa shape index (κ2) is 10.1. The quantitative estimate of drug-likeness (QED) is 0.316. The number of carbonyl (C=O) groups is 1. The van der Waals surface area contributed by atoms with Crippen molar-refractivity contribution in [2.24, 2.45) is 0 Å².